The molecule has 0 bridgehead atoms. The van der Waals surface area contributed by atoms with E-state index < -0.39 is 0 Å². The van der Waals surface area contributed by atoms with E-state index in [1.165, 1.54) is 0 Å². The zero-order valence-electron chi connectivity index (χ0n) is 11.3. The minimum atomic E-state index is -0.133. The normalized spacial score (nSPS) is 15.3. The van der Waals surface area contributed by atoms with Gasteiger partial charge >= 0.3 is 0 Å². The largest absolute Gasteiger partial charge is 0.440 e. The van der Waals surface area contributed by atoms with Gasteiger partial charge in [0.1, 0.15) is 5.82 Å². The number of carbonyl (C=O) groups excluding carboxylic acids is 1. The highest BCUT2D eigenvalue weighted by Crippen LogP contribution is 2.18. The molecule has 2 aromatic heterocycles. The Bertz CT molecular complexity index is 633. The Kier molecular flexibility index (Phi) is 3.70. The summed E-state index contributed by atoms with van der Waals surface area (Å²) in [5.74, 6) is 1.02. The van der Waals surface area contributed by atoms with Crippen molar-refractivity contribution in [3.63, 3.8) is 0 Å². The second kappa shape index (κ2) is 5.65. The first-order chi connectivity index (χ1) is 10.1. The Labute approximate surface area is 127 Å². The van der Waals surface area contributed by atoms with Gasteiger partial charge in [-0.05, 0) is 35.9 Å². The predicted molar refractivity (Wildman–Crippen MR) is 80.5 cm³/mol. The number of hydrogen-bond acceptors (Lipinski definition) is 5. The maximum Gasteiger partial charge on any atom is 0.289 e. The van der Waals surface area contributed by atoms with E-state index in [4.69, 9.17) is 21.8 Å². The summed E-state index contributed by atoms with van der Waals surface area (Å²) < 4.78 is 5.16. The van der Waals surface area contributed by atoms with Crippen LogP contribution in [0, 0.1) is 0 Å². The highest BCUT2D eigenvalue weighted by Gasteiger charge is 2.24. The Morgan fingerprint density at radius 2 is 1.95 bits per heavy atom. The summed E-state index contributed by atoms with van der Waals surface area (Å²) in [5, 5.41) is 0.225. The molecule has 3 heterocycles. The van der Waals surface area contributed by atoms with Gasteiger partial charge in [-0.3, -0.25) is 4.79 Å². The van der Waals surface area contributed by atoms with E-state index >= 15 is 0 Å². The second-order valence-electron chi connectivity index (χ2n) is 4.83. The standard InChI is InChI=1S/C14H15ClN4O2/c15-12-3-2-11(21-12)14(20)19-7-5-18(6-8-19)13-4-1-10(16)9-17-13/h1-4,9H,5-8,16H2. The third-order valence-electron chi connectivity index (χ3n) is 3.45. The van der Waals surface area contributed by atoms with Gasteiger partial charge in [-0.15, -0.1) is 0 Å². The fourth-order valence-corrected chi connectivity index (χ4v) is 2.45. The van der Waals surface area contributed by atoms with Gasteiger partial charge in [0.25, 0.3) is 5.91 Å². The van der Waals surface area contributed by atoms with Crippen molar-refractivity contribution >= 4 is 29.0 Å². The summed E-state index contributed by atoms with van der Waals surface area (Å²) >= 11 is 5.70. The lowest BCUT2D eigenvalue weighted by Gasteiger charge is -2.35. The first-order valence-electron chi connectivity index (χ1n) is 6.64. The smallest absolute Gasteiger partial charge is 0.289 e. The van der Waals surface area contributed by atoms with Gasteiger partial charge < -0.3 is 20.0 Å². The zero-order chi connectivity index (χ0) is 14.8. The Balaban J connectivity index is 1.62. The zero-order valence-corrected chi connectivity index (χ0v) is 12.1. The van der Waals surface area contributed by atoms with Gasteiger partial charge in [0.15, 0.2) is 11.0 Å². The molecule has 1 saturated heterocycles. The number of anilines is 2. The van der Waals surface area contributed by atoms with Crippen molar-refractivity contribution in [3.05, 3.63) is 41.4 Å². The Morgan fingerprint density at radius 1 is 1.19 bits per heavy atom. The van der Waals surface area contributed by atoms with Crippen LogP contribution in [0.2, 0.25) is 5.22 Å². The number of nitrogens with zero attached hydrogens (tertiary/aromatic N) is 3. The highest BCUT2D eigenvalue weighted by molar-refractivity contribution is 6.29. The van der Waals surface area contributed by atoms with Gasteiger partial charge in [-0.25, -0.2) is 4.98 Å². The van der Waals surface area contributed by atoms with Gasteiger partial charge in [0.2, 0.25) is 0 Å². The quantitative estimate of drug-likeness (QED) is 0.916. The van der Waals surface area contributed by atoms with Crippen LogP contribution >= 0.6 is 11.6 Å². The minimum Gasteiger partial charge on any atom is -0.440 e. The first kappa shape index (κ1) is 13.8. The molecule has 1 aliphatic heterocycles. The minimum absolute atomic E-state index is 0.133. The molecule has 0 saturated carbocycles. The maximum absolute atomic E-state index is 12.2. The number of carbonyl (C=O) groups is 1. The summed E-state index contributed by atoms with van der Waals surface area (Å²) in [6, 6.07) is 6.88. The van der Waals surface area contributed by atoms with Crippen LogP contribution in [-0.4, -0.2) is 42.0 Å². The number of nitrogen functional groups attached to an aromatic ring is 1. The Hall–Kier alpha value is -2.21. The molecular weight excluding hydrogens is 292 g/mol. The van der Waals surface area contributed by atoms with Crippen LogP contribution in [0.1, 0.15) is 10.6 Å². The van der Waals surface area contributed by atoms with Crippen LogP contribution in [-0.2, 0) is 0 Å². The number of amides is 1. The van der Waals surface area contributed by atoms with Crippen molar-refractivity contribution in [1.82, 2.24) is 9.88 Å². The molecule has 1 aliphatic rings. The number of furan rings is 1. The number of pyridine rings is 1. The van der Waals surface area contributed by atoms with Gasteiger partial charge in [-0.2, -0.15) is 0 Å². The molecule has 0 unspecified atom stereocenters. The second-order valence-corrected chi connectivity index (χ2v) is 5.21. The van der Waals surface area contributed by atoms with Crippen LogP contribution in [0.3, 0.4) is 0 Å². The predicted octanol–water partition coefficient (Wildman–Crippen LogP) is 1.87. The highest BCUT2D eigenvalue weighted by atomic mass is 35.5. The number of rotatable bonds is 2. The molecule has 21 heavy (non-hydrogen) atoms. The van der Waals surface area contributed by atoms with E-state index in [-0.39, 0.29) is 16.9 Å². The third kappa shape index (κ3) is 2.95. The van der Waals surface area contributed by atoms with Crippen molar-refractivity contribution in [2.24, 2.45) is 0 Å². The molecule has 0 atom stereocenters. The molecule has 3 rings (SSSR count). The maximum atomic E-state index is 12.2. The molecule has 2 aromatic rings. The molecule has 110 valence electrons. The lowest BCUT2D eigenvalue weighted by molar-refractivity contribution is 0.0714. The molecular formula is C14H15ClN4O2. The lowest BCUT2D eigenvalue weighted by atomic mass is 10.2. The SMILES string of the molecule is Nc1ccc(N2CCN(C(=O)c3ccc(Cl)o3)CC2)nc1. The van der Waals surface area contributed by atoms with Crippen molar-refractivity contribution in [2.75, 3.05) is 36.8 Å². The average molecular weight is 307 g/mol. The van der Waals surface area contributed by atoms with Crippen LogP contribution in [0.25, 0.3) is 0 Å². The number of hydrogen-bond donors (Lipinski definition) is 1. The third-order valence-corrected chi connectivity index (χ3v) is 3.65. The van der Waals surface area contributed by atoms with E-state index in [2.05, 4.69) is 9.88 Å². The molecule has 1 fully saturated rings. The Morgan fingerprint density at radius 3 is 2.52 bits per heavy atom. The van der Waals surface area contributed by atoms with Crippen LogP contribution in [0.4, 0.5) is 11.5 Å². The van der Waals surface area contributed by atoms with E-state index in [0.29, 0.717) is 18.8 Å². The molecule has 0 aliphatic carbocycles. The van der Waals surface area contributed by atoms with E-state index in [0.717, 1.165) is 18.9 Å². The molecule has 2 N–H and O–H groups in total. The number of piperazine rings is 1. The number of nitrogens with two attached hydrogens (primary N) is 1. The number of halogens is 1. The molecule has 7 heteroatoms. The van der Waals surface area contributed by atoms with Gasteiger partial charge in [0, 0.05) is 26.2 Å². The van der Waals surface area contributed by atoms with Crippen LogP contribution in [0.5, 0.6) is 0 Å². The van der Waals surface area contributed by atoms with Crippen molar-refractivity contribution in [1.29, 1.82) is 0 Å². The summed E-state index contributed by atoms with van der Waals surface area (Å²) in [5.41, 5.74) is 6.27. The first-order valence-corrected chi connectivity index (χ1v) is 7.02. The van der Waals surface area contributed by atoms with Crippen molar-refractivity contribution < 1.29 is 9.21 Å². The topological polar surface area (TPSA) is 75.6 Å². The van der Waals surface area contributed by atoms with E-state index in [9.17, 15) is 4.79 Å². The van der Waals surface area contributed by atoms with Crippen molar-refractivity contribution in [2.45, 2.75) is 0 Å². The van der Waals surface area contributed by atoms with Crippen molar-refractivity contribution in [3.8, 4) is 0 Å². The van der Waals surface area contributed by atoms with Crippen LogP contribution in [0.15, 0.2) is 34.9 Å². The van der Waals surface area contributed by atoms with Crippen LogP contribution < -0.4 is 10.6 Å². The summed E-state index contributed by atoms with van der Waals surface area (Å²) in [7, 11) is 0. The molecule has 0 radical (unpaired) electrons. The fraction of sp³-hybridized carbons (Fsp3) is 0.286. The van der Waals surface area contributed by atoms with Gasteiger partial charge in [-0.1, -0.05) is 0 Å². The summed E-state index contributed by atoms with van der Waals surface area (Å²) in [4.78, 5) is 20.4. The lowest BCUT2D eigenvalue weighted by Crippen LogP contribution is -2.49. The molecule has 0 aromatic carbocycles. The van der Waals surface area contributed by atoms with E-state index in [1.807, 2.05) is 12.1 Å². The van der Waals surface area contributed by atoms with Gasteiger partial charge in [0.05, 0.1) is 11.9 Å². The monoisotopic (exact) mass is 306 g/mol. The molecule has 0 spiro atoms. The summed E-state index contributed by atoms with van der Waals surface area (Å²) in [6.07, 6.45) is 1.64. The summed E-state index contributed by atoms with van der Waals surface area (Å²) in [6.45, 7) is 2.67. The molecule has 6 nitrogen and oxygen atoms in total. The fourth-order valence-electron chi connectivity index (χ4n) is 2.31. The average Bonchev–Trinajstić information content (AvgIpc) is 2.94. The number of aromatic nitrogens is 1. The van der Waals surface area contributed by atoms with E-state index in [1.54, 1.807) is 23.2 Å². The molecule has 1 amide bonds.